The smallest absolute Gasteiger partial charge is 0.127 e. The van der Waals surface area contributed by atoms with Crippen molar-refractivity contribution in [1.82, 2.24) is 0 Å². The van der Waals surface area contributed by atoms with E-state index in [4.69, 9.17) is 9.73 Å². The maximum absolute atomic E-state index is 10.1. The van der Waals surface area contributed by atoms with E-state index in [0.29, 0.717) is 17.0 Å². The highest BCUT2D eigenvalue weighted by Gasteiger charge is 2.28. The zero-order valence-electron chi connectivity index (χ0n) is 16.7. The van der Waals surface area contributed by atoms with Gasteiger partial charge in [0, 0.05) is 11.1 Å². The first kappa shape index (κ1) is 18.5. The molecule has 0 radical (unpaired) electrons. The van der Waals surface area contributed by atoms with Gasteiger partial charge in [0.1, 0.15) is 11.8 Å². The van der Waals surface area contributed by atoms with Crippen LogP contribution in [0.5, 0.6) is 5.75 Å². The Morgan fingerprint density at radius 1 is 0.931 bits per heavy atom. The molecule has 29 heavy (non-hydrogen) atoms. The lowest BCUT2D eigenvalue weighted by molar-refractivity contribution is 0.413. The summed E-state index contributed by atoms with van der Waals surface area (Å²) in [6, 6.07) is 24.0. The number of aryl methyl sites for hydroxylation is 2. The molecule has 0 saturated heterocycles. The number of para-hydroxylation sites is 3. The molecule has 4 nitrogen and oxygen atoms in total. The molecule has 0 aromatic heterocycles. The summed E-state index contributed by atoms with van der Waals surface area (Å²) < 4.78 is 5.51. The Bertz CT molecular complexity index is 1200. The highest BCUT2D eigenvalue weighted by molar-refractivity contribution is 6.27. The minimum absolute atomic E-state index is 0.505. The largest absolute Gasteiger partial charge is 0.496 e. The van der Waals surface area contributed by atoms with Gasteiger partial charge in [0.05, 0.1) is 35.5 Å². The second-order valence-corrected chi connectivity index (χ2v) is 6.93. The molecule has 1 N–H and O–H groups in total. The normalized spacial score (nSPS) is 15.4. The van der Waals surface area contributed by atoms with Crippen LogP contribution < -0.4 is 10.1 Å². The second kappa shape index (κ2) is 7.65. The summed E-state index contributed by atoms with van der Waals surface area (Å²) in [5.41, 5.74) is 7.75. The summed E-state index contributed by atoms with van der Waals surface area (Å²) in [6.07, 6.45) is 0. The molecular weight excluding hydrogens is 358 g/mol. The molecule has 0 atom stereocenters. The minimum atomic E-state index is 0.505. The number of fused-ring (bicyclic) bond motifs is 1. The van der Waals surface area contributed by atoms with E-state index in [9.17, 15) is 5.26 Å². The fraction of sp³-hybridized carbons (Fsp3) is 0.120. The Balaban J connectivity index is 2.01. The molecule has 1 heterocycles. The molecule has 4 rings (SSSR count). The van der Waals surface area contributed by atoms with E-state index in [1.165, 1.54) is 0 Å². The Labute approximate surface area is 170 Å². The van der Waals surface area contributed by atoms with Crippen LogP contribution >= 0.6 is 0 Å². The molecule has 0 spiro atoms. The van der Waals surface area contributed by atoms with Crippen molar-refractivity contribution < 1.29 is 4.74 Å². The monoisotopic (exact) mass is 379 g/mol. The first-order valence-corrected chi connectivity index (χ1v) is 9.43. The van der Waals surface area contributed by atoms with Crippen LogP contribution in [0.15, 0.2) is 77.4 Å². The van der Waals surface area contributed by atoms with E-state index in [2.05, 4.69) is 24.4 Å². The van der Waals surface area contributed by atoms with Crippen LogP contribution in [0, 0.1) is 25.2 Å². The number of allylic oxidation sites excluding steroid dienone is 2. The zero-order chi connectivity index (χ0) is 20.4. The van der Waals surface area contributed by atoms with Crippen molar-refractivity contribution >= 4 is 22.7 Å². The van der Waals surface area contributed by atoms with Gasteiger partial charge in [-0.25, -0.2) is 4.99 Å². The Morgan fingerprint density at radius 3 is 2.41 bits per heavy atom. The van der Waals surface area contributed by atoms with Crippen LogP contribution in [0.4, 0.5) is 11.4 Å². The quantitative estimate of drug-likeness (QED) is 0.586. The molecule has 0 bridgehead atoms. The molecule has 0 amide bonds. The third-order valence-electron chi connectivity index (χ3n) is 5.10. The molecule has 1 aliphatic heterocycles. The lowest BCUT2D eigenvalue weighted by Crippen LogP contribution is -2.06. The van der Waals surface area contributed by atoms with Gasteiger partial charge in [-0.15, -0.1) is 0 Å². The Kier molecular flexibility index (Phi) is 4.88. The number of hydrogen-bond donors (Lipinski definition) is 1. The number of aliphatic imine (C=N–C) groups is 1. The van der Waals surface area contributed by atoms with Crippen molar-refractivity contribution in [2.24, 2.45) is 4.99 Å². The summed E-state index contributed by atoms with van der Waals surface area (Å²) in [5, 5.41) is 13.6. The molecule has 0 fully saturated rings. The fourth-order valence-corrected chi connectivity index (χ4v) is 3.56. The number of anilines is 1. The van der Waals surface area contributed by atoms with Crippen molar-refractivity contribution in [3.8, 4) is 11.8 Å². The zero-order valence-corrected chi connectivity index (χ0v) is 16.7. The van der Waals surface area contributed by atoms with Crippen LogP contribution in [0.2, 0.25) is 0 Å². The standard InChI is InChI=1S/C25H21N3O/c1-16-9-4-6-13-21(16)27-24-19-12-8-10-17(2)23(19)28-25(24)20(15-26)18-11-5-7-14-22(18)29-3/h4-14,28H,1-3H3/b25-20-,27-24?. The van der Waals surface area contributed by atoms with Crippen molar-refractivity contribution in [3.05, 3.63) is 94.7 Å². The number of nitrogens with one attached hydrogen (secondary N) is 1. The summed E-state index contributed by atoms with van der Waals surface area (Å²) in [6.45, 7) is 4.09. The first-order valence-electron chi connectivity index (χ1n) is 9.43. The molecule has 4 heteroatoms. The average molecular weight is 379 g/mol. The summed E-state index contributed by atoms with van der Waals surface area (Å²) in [4.78, 5) is 4.98. The molecule has 1 aliphatic rings. The molecule has 142 valence electrons. The summed E-state index contributed by atoms with van der Waals surface area (Å²) >= 11 is 0. The van der Waals surface area contributed by atoms with E-state index in [-0.39, 0.29) is 0 Å². The number of nitriles is 1. The lowest BCUT2D eigenvalue weighted by atomic mass is 9.99. The second-order valence-electron chi connectivity index (χ2n) is 6.93. The highest BCUT2D eigenvalue weighted by atomic mass is 16.5. The van der Waals surface area contributed by atoms with Gasteiger partial charge in [0.2, 0.25) is 0 Å². The number of benzene rings is 3. The third kappa shape index (κ3) is 3.28. The van der Waals surface area contributed by atoms with Gasteiger partial charge in [0.25, 0.3) is 0 Å². The van der Waals surface area contributed by atoms with Crippen LogP contribution in [0.3, 0.4) is 0 Å². The number of nitrogens with zero attached hydrogens (tertiary/aromatic N) is 2. The van der Waals surface area contributed by atoms with Gasteiger partial charge in [-0.3, -0.25) is 0 Å². The number of ether oxygens (including phenoxy) is 1. The predicted octanol–water partition coefficient (Wildman–Crippen LogP) is 5.79. The lowest BCUT2D eigenvalue weighted by Gasteiger charge is -2.11. The third-order valence-corrected chi connectivity index (χ3v) is 5.10. The number of hydrogen-bond acceptors (Lipinski definition) is 4. The minimum Gasteiger partial charge on any atom is -0.496 e. The summed E-state index contributed by atoms with van der Waals surface area (Å²) in [7, 11) is 1.61. The van der Waals surface area contributed by atoms with E-state index in [0.717, 1.165) is 39.3 Å². The van der Waals surface area contributed by atoms with Gasteiger partial charge in [0.15, 0.2) is 0 Å². The van der Waals surface area contributed by atoms with Crippen molar-refractivity contribution in [1.29, 1.82) is 5.26 Å². The van der Waals surface area contributed by atoms with Crippen molar-refractivity contribution in [2.45, 2.75) is 13.8 Å². The number of rotatable bonds is 3. The summed E-state index contributed by atoms with van der Waals surface area (Å²) in [5.74, 6) is 0.654. The highest BCUT2D eigenvalue weighted by Crippen LogP contribution is 2.38. The first-order chi connectivity index (χ1) is 14.1. The van der Waals surface area contributed by atoms with Gasteiger partial charge in [-0.1, -0.05) is 48.5 Å². The van der Waals surface area contributed by atoms with Gasteiger partial charge >= 0.3 is 0 Å². The molecule has 0 aliphatic carbocycles. The molecule has 0 saturated carbocycles. The maximum atomic E-state index is 10.1. The number of methoxy groups -OCH3 is 1. The molecule has 0 unspecified atom stereocenters. The van der Waals surface area contributed by atoms with E-state index in [1.54, 1.807) is 7.11 Å². The van der Waals surface area contributed by atoms with Crippen molar-refractivity contribution in [3.63, 3.8) is 0 Å². The van der Waals surface area contributed by atoms with Crippen LogP contribution in [-0.4, -0.2) is 12.8 Å². The van der Waals surface area contributed by atoms with Crippen molar-refractivity contribution in [2.75, 3.05) is 12.4 Å². The van der Waals surface area contributed by atoms with Crippen LogP contribution in [0.1, 0.15) is 22.3 Å². The SMILES string of the molecule is COc1ccccc1/C(C#N)=C1\Nc2c(C)cccc2C1=Nc1ccccc1C. The van der Waals surface area contributed by atoms with E-state index >= 15 is 0 Å². The Hall–Kier alpha value is -3.84. The maximum Gasteiger partial charge on any atom is 0.127 e. The van der Waals surface area contributed by atoms with Crippen LogP contribution in [0.25, 0.3) is 5.57 Å². The molecule has 3 aromatic carbocycles. The molecule has 3 aromatic rings. The predicted molar refractivity (Wildman–Crippen MR) is 118 cm³/mol. The van der Waals surface area contributed by atoms with Crippen LogP contribution in [-0.2, 0) is 0 Å². The van der Waals surface area contributed by atoms with Gasteiger partial charge in [-0.2, -0.15) is 5.26 Å². The van der Waals surface area contributed by atoms with Gasteiger partial charge < -0.3 is 10.1 Å². The van der Waals surface area contributed by atoms with Gasteiger partial charge in [-0.05, 0) is 43.2 Å². The topological polar surface area (TPSA) is 57.4 Å². The van der Waals surface area contributed by atoms with E-state index in [1.807, 2.05) is 67.6 Å². The van der Waals surface area contributed by atoms with E-state index < -0.39 is 0 Å². The molecular formula is C25H21N3O. The average Bonchev–Trinajstić information content (AvgIpc) is 3.10. The fourth-order valence-electron chi connectivity index (χ4n) is 3.56. The Morgan fingerprint density at radius 2 is 1.66 bits per heavy atom.